The van der Waals surface area contributed by atoms with Crippen LogP contribution >= 0.6 is 0 Å². The lowest BCUT2D eigenvalue weighted by Gasteiger charge is -2.34. The minimum Gasteiger partial charge on any atom is -0.360 e. The van der Waals surface area contributed by atoms with Gasteiger partial charge >= 0.3 is 0 Å². The molecule has 1 aliphatic rings. The largest absolute Gasteiger partial charge is 0.360 e. The third-order valence-electron chi connectivity index (χ3n) is 2.70. The summed E-state index contributed by atoms with van der Waals surface area (Å²) in [6.45, 7) is 10.5. The molecular weight excluding hydrogens is 210 g/mol. The Kier molecular flexibility index (Phi) is 2.99. The molecule has 0 radical (unpaired) electrons. The number of piperazine rings is 1. The van der Waals surface area contributed by atoms with Gasteiger partial charge in [0.15, 0.2) is 0 Å². The minimum atomic E-state index is -0.434. The normalized spacial score (nSPS) is 23.6. The Morgan fingerprint density at radius 1 is 1.47 bits per heavy atom. The van der Waals surface area contributed by atoms with Crippen molar-refractivity contribution in [1.29, 1.82) is 0 Å². The van der Waals surface area contributed by atoms with Crippen LogP contribution in [0.1, 0.15) is 12.5 Å². The Morgan fingerprint density at radius 3 is 2.94 bits per heavy atom. The van der Waals surface area contributed by atoms with E-state index >= 15 is 0 Å². The molecule has 0 saturated carbocycles. The van der Waals surface area contributed by atoms with Crippen LogP contribution < -0.4 is 10.6 Å². The van der Waals surface area contributed by atoms with Gasteiger partial charge < -0.3 is 5.32 Å². The maximum absolute atomic E-state index is 4.03. The molecule has 1 saturated heterocycles. The van der Waals surface area contributed by atoms with E-state index in [2.05, 4.69) is 40.6 Å². The molecule has 0 spiro atoms. The maximum Gasteiger partial charge on any atom is 0.118 e. The van der Waals surface area contributed by atoms with E-state index in [1.807, 2.05) is 19.1 Å². The predicted molar refractivity (Wildman–Crippen MR) is 68.9 cm³/mol. The molecule has 2 rings (SSSR count). The molecule has 86 valence electrons. The number of pyridine rings is 1. The molecule has 1 atom stereocenters. The van der Waals surface area contributed by atoms with Crippen molar-refractivity contribution in [3.05, 3.63) is 54.6 Å². The summed E-state index contributed by atoms with van der Waals surface area (Å²) < 4.78 is 0. The Bertz CT molecular complexity index is 507. The first-order chi connectivity index (χ1) is 8.10. The molecule has 1 aromatic heterocycles. The molecule has 0 amide bonds. The van der Waals surface area contributed by atoms with Gasteiger partial charge in [-0.25, -0.2) is 0 Å². The standard InChI is InChI=1S/C14H15N3/c1-11-9-16-14(3,12(2)17-11)7-6-13-5-4-8-15-10-13/h4-5,8,10,16-17H,1-2,9H2,3H3. The lowest BCUT2D eigenvalue weighted by atomic mass is 9.96. The van der Waals surface area contributed by atoms with Crippen molar-refractivity contribution in [1.82, 2.24) is 15.6 Å². The third-order valence-corrected chi connectivity index (χ3v) is 2.70. The average molecular weight is 225 g/mol. The van der Waals surface area contributed by atoms with Gasteiger partial charge in [-0.3, -0.25) is 10.3 Å². The van der Waals surface area contributed by atoms with Gasteiger partial charge in [0.1, 0.15) is 5.54 Å². The molecule has 1 unspecified atom stereocenters. The maximum atomic E-state index is 4.03. The smallest absolute Gasteiger partial charge is 0.118 e. The molecule has 1 fully saturated rings. The first-order valence-electron chi connectivity index (χ1n) is 5.42. The highest BCUT2D eigenvalue weighted by molar-refractivity contribution is 5.41. The van der Waals surface area contributed by atoms with Gasteiger partial charge in [-0.2, -0.15) is 0 Å². The van der Waals surface area contributed by atoms with Gasteiger partial charge in [0.25, 0.3) is 0 Å². The number of rotatable bonds is 0. The minimum absolute atomic E-state index is 0.434. The molecule has 1 aromatic rings. The van der Waals surface area contributed by atoms with E-state index in [0.717, 1.165) is 17.0 Å². The number of hydrogen-bond donors (Lipinski definition) is 2. The van der Waals surface area contributed by atoms with Crippen LogP contribution in [0.2, 0.25) is 0 Å². The van der Waals surface area contributed by atoms with E-state index in [9.17, 15) is 0 Å². The molecule has 17 heavy (non-hydrogen) atoms. The van der Waals surface area contributed by atoms with Crippen molar-refractivity contribution >= 4 is 0 Å². The zero-order valence-corrected chi connectivity index (χ0v) is 9.88. The van der Waals surface area contributed by atoms with Crippen molar-refractivity contribution in [2.45, 2.75) is 12.5 Å². The molecule has 3 nitrogen and oxygen atoms in total. The quantitative estimate of drug-likeness (QED) is 0.656. The highest BCUT2D eigenvalue weighted by atomic mass is 15.1. The van der Waals surface area contributed by atoms with Crippen LogP contribution in [0.25, 0.3) is 0 Å². The molecule has 1 aliphatic heterocycles. The zero-order valence-electron chi connectivity index (χ0n) is 9.88. The van der Waals surface area contributed by atoms with E-state index < -0.39 is 5.54 Å². The lowest BCUT2D eigenvalue weighted by Crippen LogP contribution is -2.52. The number of nitrogens with zero attached hydrogens (tertiary/aromatic N) is 1. The Balaban J connectivity index is 2.21. The summed E-state index contributed by atoms with van der Waals surface area (Å²) in [5.74, 6) is 6.27. The van der Waals surface area contributed by atoms with E-state index in [0.29, 0.717) is 6.54 Å². The highest BCUT2D eigenvalue weighted by Crippen LogP contribution is 2.16. The molecule has 3 heteroatoms. The summed E-state index contributed by atoms with van der Waals surface area (Å²) in [7, 11) is 0. The number of aromatic nitrogens is 1. The SMILES string of the molecule is C=C1CNC(C)(C#Cc2cccnc2)C(=C)N1. The van der Waals surface area contributed by atoms with Crippen molar-refractivity contribution < 1.29 is 0 Å². The van der Waals surface area contributed by atoms with Crippen LogP contribution in [-0.4, -0.2) is 17.1 Å². The fourth-order valence-corrected chi connectivity index (χ4v) is 1.53. The molecule has 0 aliphatic carbocycles. The topological polar surface area (TPSA) is 37.0 Å². The lowest BCUT2D eigenvalue weighted by molar-refractivity contribution is 0.473. The van der Waals surface area contributed by atoms with E-state index in [1.165, 1.54) is 0 Å². The Labute approximate surface area is 102 Å². The van der Waals surface area contributed by atoms with Crippen LogP contribution in [0.5, 0.6) is 0 Å². The summed E-state index contributed by atoms with van der Waals surface area (Å²) in [6, 6.07) is 3.80. The van der Waals surface area contributed by atoms with E-state index in [1.54, 1.807) is 12.4 Å². The fraction of sp³-hybridized carbons (Fsp3) is 0.214. The second kappa shape index (κ2) is 4.44. The van der Waals surface area contributed by atoms with Gasteiger partial charge in [0, 0.05) is 35.9 Å². The van der Waals surface area contributed by atoms with Crippen molar-refractivity contribution in [3.8, 4) is 11.8 Å². The van der Waals surface area contributed by atoms with Gasteiger partial charge in [-0.1, -0.05) is 25.0 Å². The van der Waals surface area contributed by atoms with Gasteiger partial charge in [0.05, 0.1) is 0 Å². The third kappa shape index (κ3) is 2.55. The van der Waals surface area contributed by atoms with E-state index in [-0.39, 0.29) is 0 Å². The van der Waals surface area contributed by atoms with Crippen molar-refractivity contribution in [2.24, 2.45) is 0 Å². The van der Waals surface area contributed by atoms with Crippen molar-refractivity contribution in [3.63, 3.8) is 0 Å². The second-order valence-electron chi connectivity index (χ2n) is 4.18. The Hall–Kier alpha value is -2.05. The zero-order chi connectivity index (χ0) is 12.3. The Morgan fingerprint density at radius 2 is 2.29 bits per heavy atom. The van der Waals surface area contributed by atoms with Gasteiger partial charge in [0.2, 0.25) is 0 Å². The molecule has 0 bridgehead atoms. The van der Waals surface area contributed by atoms with Crippen LogP contribution in [0.15, 0.2) is 49.1 Å². The summed E-state index contributed by atoms with van der Waals surface area (Å²) in [6.07, 6.45) is 3.48. The summed E-state index contributed by atoms with van der Waals surface area (Å²) in [5.41, 5.74) is 2.20. The average Bonchev–Trinajstić information content (AvgIpc) is 2.34. The summed E-state index contributed by atoms with van der Waals surface area (Å²) in [5, 5.41) is 6.45. The second-order valence-corrected chi connectivity index (χ2v) is 4.18. The number of hydrogen-bond acceptors (Lipinski definition) is 3. The first-order valence-corrected chi connectivity index (χ1v) is 5.42. The van der Waals surface area contributed by atoms with Gasteiger partial charge in [-0.15, -0.1) is 0 Å². The molecule has 2 heterocycles. The molecular formula is C14H15N3. The summed E-state index contributed by atoms with van der Waals surface area (Å²) >= 11 is 0. The van der Waals surface area contributed by atoms with Crippen LogP contribution in [-0.2, 0) is 0 Å². The first kappa shape index (κ1) is 11.4. The van der Waals surface area contributed by atoms with Gasteiger partial charge in [-0.05, 0) is 19.1 Å². The molecule has 0 aromatic carbocycles. The predicted octanol–water partition coefficient (Wildman–Crippen LogP) is 1.41. The summed E-state index contributed by atoms with van der Waals surface area (Å²) in [4.78, 5) is 4.03. The van der Waals surface area contributed by atoms with Crippen LogP contribution in [0, 0.1) is 11.8 Å². The monoisotopic (exact) mass is 225 g/mol. The molecule has 2 N–H and O–H groups in total. The van der Waals surface area contributed by atoms with Crippen molar-refractivity contribution in [2.75, 3.05) is 6.54 Å². The fourth-order valence-electron chi connectivity index (χ4n) is 1.53. The number of nitrogens with one attached hydrogen (secondary N) is 2. The van der Waals surface area contributed by atoms with E-state index in [4.69, 9.17) is 0 Å². The van der Waals surface area contributed by atoms with Crippen LogP contribution in [0.4, 0.5) is 0 Å². The van der Waals surface area contributed by atoms with Crippen LogP contribution in [0.3, 0.4) is 0 Å². The highest BCUT2D eigenvalue weighted by Gasteiger charge is 2.29.